The van der Waals surface area contributed by atoms with Crippen molar-refractivity contribution in [3.05, 3.63) is 0 Å². The first-order chi connectivity index (χ1) is 6.54. The second-order valence-electron chi connectivity index (χ2n) is 5.54. The van der Waals surface area contributed by atoms with Crippen molar-refractivity contribution in [1.29, 1.82) is 0 Å². The Morgan fingerprint density at radius 2 is 1.79 bits per heavy atom. The minimum absolute atomic E-state index is 0.373. The van der Waals surface area contributed by atoms with Gasteiger partial charge in [0, 0.05) is 6.42 Å². The Bertz CT molecular complexity index is 187. The highest BCUT2D eigenvalue weighted by Gasteiger charge is 2.33. The third kappa shape index (κ3) is 3.43. The third-order valence-corrected chi connectivity index (χ3v) is 3.38. The van der Waals surface area contributed by atoms with Gasteiger partial charge in [-0.2, -0.15) is 0 Å². The first-order valence-corrected chi connectivity index (χ1v) is 6.03. The molecule has 1 heteroatoms. The van der Waals surface area contributed by atoms with Crippen LogP contribution >= 0.6 is 0 Å². The maximum atomic E-state index is 11.3. The van der Waals surface area contributed by atoms with E-state index in [0.29, 0.717) is 11.2 Å². The van der Waals surface area contributed by atoms with E-state index in [4.69, 9.17) is 0 Å². The van der Waals surface area contributed by atoms with Crippen molar-refractivity contribution >= 4 is 5.78 Å². The van der Waals surface area contributed by atoms with Gasteiger partial charge in [0.2, 0.25) is 0 Å². The van der Waals surface area contributed by atoms with E-state index in [9.17, 15) is 4.79 Å². The van der Waals surface area contributed by atoms with Gasteiger partial charge in [0.1, 0.15) is 5.78 Å². The number of carbonyl (C=O) groups is 1. The number of Topliss-reactive ketones (excluding diaryl/α,β-unsaturated/α-hetero) is 1. The highest BCUT2D eigenvalue weighted by molar-refractivity contribution is 5.76. The van der Waals surface area contributed by atoms with Crippen LogP contribution in [0, 0.1) is 11.3 Å². The summed E-state index contributed by atoms with van der Waals surface area (Å²) in [5.41, 5.74) is 0.373. The summed E-state index contributed by atoms with van der Waals surface area (Å²) < 4.78 is 0. The summed E-state index contributed by atoms with van der Waals surface area (Å²) in [6, 6.07) is 0. The molecule has 0 saturated heterocycles. The summed E-state index contributed by atoms with van der Waals surface area (Å²) in [4.78, 5) is 11.3. The van der Waals surface area contributed by atoms with E-state index in [1.54, 1.807) is 6.92 Å². The standard InChI is InChI=1S/C13H24O/c1-11(2)9-13(10-12(3)14)7-5-4-6-8-13/h11H,4-10H2,1-3H3. The quantitative estimate of drug-likeness (QED) is 0.665. The lowest BCUT2D eigenvalue weighted by molar-refractivity contribution is -0.120. The van der Waals surface area contributed by atoms with Crippen molar-refractivity contribution in [1.82, 2.24) is 0 Å². The van der Waals surface area contributed by atoms with Crippen molar-refractivity contribution in [3.63, 3.8) is 0 Å². The van der Waals surface area contributed by atoms with Crippen LogP contribution in [0.2, 0.25) is 0 Å². The lowest BCUT2D eigenvalue weighted by Crippen LogP contribution is -2.28. The van der Waals surface area contributed by atoms with Crippen LogP contribution in [-0.4, -0.2) is 5.78 Å². The SMILES string of the molecule is CC(=O)CC1(CC(C)C)CCCCC1. The van der Waals surface area contributed by atoms with Crippen LogP contribution < -0.4 is 0 Å². The molecule has 1 nitrogen and oxygen atoms in total. The molecule has 0 atom stereocenters. The molecule has 1 saturated carbocycles. The number of rotatable bonds is 4. The maximum Gasteiger partial charge on any atom is 0.130 e. The maximum absolute atomic E-state index is 11.3. The zero-order valence-electron chi connectivity index (χ0n) is 9.94. The minimum atomic E-state index is 0.373. The fourth-order valence-corrected chi connectivity index (χ4v) is 3.15. The molecule has 0 spiro atoms. The van der Waals surface area contributed by atoms with Crippen LogP contribution in [0.15, 0.2) is 0 Å². The summed E-state index contributed by atoms with van der Waals surface area (Å²) in [6.07, 6.45) is 8.67. The van der Waals surface area contributed by atoms with Gasteiger partial charge in [0.05, 0.1) is 0 Å². The molecular weight excluding hydrogens is 172 g/mol. The number of carbonyl (C=O) groups excluding carboxylic acids is 1. The van der Waals surface area contributed by atoms with Crippen molar-refractivity contribution in [2.45, 2.75) is 65.7 Å². The van der Waals surface area contributed by atoms with E-state index in [1.807, 2.05) is 0 Å². The van der Waals surface area contributed by atoms with Gasteiger partial charge in [-0.15, -0.1) is 0 Å². The van der Waals surface area contributed by atoms with Gasteiger partial charge in [-0.3, -0.25) is 0 Å². The second kappa shape index (κ2) is 4.95. The van der Waals surface area contributed by atoms with E-state index in [-0.39, 0.29) is 0 Å². The highest BCUT2D eigenvalue weighted by atomic mass is 16.1. The summed E-state index contributed by atoms with van der Waals surface area (Å²) >= 11 is 0. The summed E-state index contributed by atoms with van der Waals surface area (Å²) in [5, 5.41) is 0. The first-order valence-electron chi connectivity index (χ1n) is 6.03. The predicted octanol–water partition coefficient (Wildman–Crippen LogP) is 3.96. The van der Waals surface area contributed by atoms with Gasteiger partial charge in [-0.25, -0.2) is 0 Å². The van der Waals surface area contributed by atoms with Gasteiger partial charge in [0.25, 0.3) is 0 Å². The zero-order valence-corrected chi connectivity index (χ0v) is 9.94. The van der Waals surface area contributed by atoms with E-state index in [0.717, 1.165) is 12.3 Å². The van der Waals surface area contributed by atoms with E-state index < -0.39 is 0 Å². The summed E-state index contributed by atoms with van der Waals surface area (Å²) in [6.45, 7) is 6.30. The molecule has 0 unspecified atom stereocenters. The Balaban J connectivity index is 2.61. The third-order valence-electron chi connectivity index (χ3n) is 3.38. The van der Waals surface area contributed by atoms with E-state index in [1.165, 1.54) is 38.5 Å². The predicted molar refractivity (Wildman–Crippen MR) is 60.3 cm³/mol. The Hall–Kier alpha value is -0.330. The Labute approximate surface area is 88.3 Å². The molecule has 82 valence electrons. The van der Waals surface area contributed by atoms with Crippen LogP contribution in [-0.2, 0) is 4.79 Å². The Morgan fingerprint density at radius 1 is 1.21 bits per heavy atom. The molecule has 0 aliphatic heterocycles. The van der Waals surface area contributed by atoms with Crippen LogP contribution in [0.3, 0.4) is 0 Å². The smallest absolute Gasteiger partial charge is 0.130 e. The highest BCUT2D eigenvalue weighted by Crippen LogP contribution is 2.44. The Morgan fingerprint density at radius 3 is 2.21 bits per heavy atom. The van der Waals surface area contributed by atoms with Crippen molar-refractivity contribution < 1.29 is 4.79 Å². The summed E-state index contributed by atoms with van der Waals surface area (Å²) in [5.74, 6) is 1.11. The summed E-state index contributed by atoms with van der Waals surface area (Å²) in [7, 11) is 0. The molecule has 0 aromatic heterocycles. The van der Waals surface area contributed by atoms with Gasteiger partial charge >= 0.3 is 0 Å². The first kappa shape index (κ1) is 11.7. The largest absolute Gasteiger partial charge is 0.300 e. The molecule has 1 rings (SSSR count). The Kier molecular flexibility index (Phi) is 4.15. The molecule has 1 aliphatic rings. The molecule has 0 radical (unpaired) electrons. The lowest BCUT2D eigenvalue weighted by atomic mass is 9.67. The number of hydrogen-bond acceptors (Lipinski definition) is 1. The van der Waals surface area contributed by atoms with Crippen molar-refractivity contribution in [3.8, 4) is 0 Å². The van der Waals surface area contributed by atoms with Crippen molar-refractivity contribution in [2.75, 3.05) is 0 Å². The van der Waals surface area contributed by atoms with Crippen LogP contribution in [0.1, 0.15) is 65.7 Å². The van der Waals surface area contributed by atoms with Gasteiger partial charge in [-0.1, -0.05) is 33.1 Å². The van der Waals surface area contributed by atoms with Crippen LogP contribution in [0.5, 0.6) is 0 Å². The molecule has 0 aromatic carbocycles. The molecule has 14 heavy (non-hydrogen) atoms. The van der Waals surface area contributed by atoms with Gasteiger partial charge in [-0.05, 0) is 37.5 Å². The molecule has 0 heterocycles. The normalized spacial score (nSPS) is 21.1. The zero-order chi connectivity index (χ0) is 10.6. The molecule has 0 amide bonds. The molecule has 0 bridgehead atoms. The molecule has 1 fully saturated rings. The lowest BCUT2D eigenvalue weighted by Gasteiger charge is -2.38. The second-order valence-corrected chi connectivity index (χ2v) is 5.54. The van der Waals surface area contributed by atoms with Crippen molar-refractivity contribution in [2.24, 2.45) is 11.3 Å². The van der Waals surface area contributed by atoms with Crippen LogP contribution in [0.4, 0.5) is 0 Å². The number of hydrogen-bond donors (Lipinski definition) is 0. The fourth-order valence-electron chi connectivity index (χ4n) is 3.15. The molecule has 0 N–H and O–H groups in total. The van der Waals surface area contributed by atoms with Gasteiger partial charge < -0.3 is 4.79 Å². The average Bonchev–Trinajstić information content (AvgIpc) is 2.01. The van der Waals surface area contributed by atoms with E-state index in [2.05, 4.69) is 13.8 Å². The van der Waals surface area contributed by atoms with Crippen LogP contribution in [0.25, 0.3) is 0 Å². The van der Waals surface area contributed by atoms with Gasteiger partial charge in [0.15, 0.2) is 0 Å². The topological polar surface area (TPSA) is 17.1 Å². The number of ketones is 1. The molecular formula is C13H24O. The molecule has 1 aliphatic carbocycles. The molecule has 0 aromatic rings. The van der Waals surface area contributed by atoms with E-state index >= 15 is 0 Å². The average molecular weight is 196 g/mol. The monoisotopic (exact) mass is 196 g/mol. The fraction of sp³-hybridized carbons (Fsp3) is 0.923. The minimum Gasteiger partial charge on any atom is -0.300 e.